The number of hydrogen-bond acceptors (Lipinski definition) is 2. The van der Waals surface area contributed by atoms with Crippen molar-refractivity contribution < 1.29 is 13.5 Å². The van der Waals surface area contributed by atoms with Gasteiger partial charge in [-0.15, -0.1) is 0 Å². The van der Waals surface area contributed by atoms with Gasteiger partial charge in [0.2, 0.25) is 0 Å². The zero-order chi connectivity index (χ0) is 9.14. The zero-order valence-corrected chi connectivity index (χ0v) is 6.82. The van der Waals surface area contributed by atoms with Crippen LogP contribution in [0.25, 0.3) is 0 Å². The number of anilines is 1. The summed E-state index contributed by atoms with van der Waals surface area (Å²) in [4.78, 5) is 0. The Morgan fingerprint density at radius 1 is 1.25 bits per heavy atom. The van der Waals surface area contributed by atoms with Crippen LogP contribution in [0, 0.1) is 11.6 Å². The average Bonchev–Trinajstić information content (AvgIpc) is 2.03. The minimum atomic E-state index is -0.658. The summed E-state index contributed by atoms with van der Waals surface area (Å²) in [6.45, 7) is 0. The molecule has 1 rings (SSSR count). The zero-order valence-electron chi connectivity index (χ0n) is 6.82. The fourth-order valence-corrected chi connectivity index (χ4v) is 0.907. The van der Waals surface area contributed by atoms with E-state index < -0.39 is 11.6 Å². The van der Waals surface area contributed by atoms with Crippen molar-refractivity contribution in [2.75, 3.05) is 19.5 Å². The van der Waals surface area contributed by atoms with Crippen molar-refractivity contribution in [2.45, 2.75) is 0 Å². The smallest absolute Gasteiger partial charge is 0.152 e. The van der Waals surface area contributed by atoms with Crippen LogP contribution in [0.1, 0.15) is 0 Å². The summed E-state index contributed by atoms with van der Waals surface area (Å²) in [5.41, 5.74) is -0.143. The van der Waals surface area contributed by atoms with E-state index in [0.29, 0.717) is 0 Å². The largest absolute Gasteiger partial charge is 0.497 e. The fraction of sp³-hybridized carbons (Fsp3) is 0.250. The number of methoxy groups -OCH3 is 1. The molecule has 0 spiro atoms. The van der Waals surface area contributed by atoms with Crippen molar-refractivity contribution in [1.82, 2.24) is 0 Å². The standard InChI is InChI=1S/C8H9F2NO/c1-11-8-6(9)3-5(12-2)4-7(8)10/h3-4,11H,1-2H3. The van der Waals surface area contributed by atoms with Crippen molar-refractivity contribution in [3.63, 3.8) is 0 Å². The lowest BCUT2D eigenvalue weighted by Crippen LogP contribution is -1.97. The molecule has 0 radical (unpaired) electrons. The number of hydrogen-bond donors (Lipinski definition) is 1. The lowest BCUT2D eigenvalue weighted by Gasteiger charge is -2.05. The Kier molecular flexibility index (Phi) is 2.47. The first-order chi connectivity index (χ1) is 5.69. The first kappa shape index (κ1) is 8.77. The number of ether oxygens (including phenoxy) is 1. The van der Waals surface area contributed by atoms with Crippen molar-refractivity contribution in [2.24, 2.45) is 0 Å². The van der Waals surface area contributed by atoms with Crippen LogP contribution in [0.4, 0.5) is 14.5 Å². The highest BCUT2D eigenvalue weighted by Gasteiger charge is 2.08. The first-order valence-electron chi connectivity index (χ1n) is 3.40. The lowest BCUT2D eigenvalue weighted by molar-refractivity contribution is 0.407. The Morgan fingerprint density at radius 3 is 2.08 bits per heavy atom. The lowest BCUT2D eigenvalue weighted by atomic mass is 10.2. The average molecular weight is 173 g/mol. The van der Waals surface area contributed by atoms with Crippen LogP contribution in [-0.2, 0) is 0 Å². The third-order valence-corrected chi connectivity index (χ3v) is 1.50. The van der Waals surface area contributed by atoms with Gasteiger partial charge in [-0.2, -0.15) is 0 Å². The van der Waals surface area contributed by atoms with Crippen LogP contribution in [0.5, 0.6) is 5.75 Å². The van der Waals surface area contributed by atoms with E-state index >= 15 is 0 Å². The number of nitrogens with one attached hydrogen (secondary N) is 1. The van der Waals surface area contributed by atoms with Gasteiger partial charge in [-0.05, 0) is 0 Å². The summed E-state index contributed by atoms with van der Waals surface area (Å²) >= 11 is 0. The molecule has 4 heteroatoms. The van der Waals surface area contributed by atoms with E-state index in [2.05, 4.69) is 10.1 Å². The molecule has 0 heterocycles. The van der Waals surface area contributed by atoms with E-state index in [9.17, 15) is 8.78 Å². The quantitative estimate of drug-likeness (QED) is 0.738. The van der Waals surface area contributed by atoms with Crippen molar-refractivity contribution in [1.29, 1.82) is 0 Å². The first-order valence-corrected chi connectivity index (χ1v) is 3.40. The molecular weight excluding hydrogens is 164 g/mol. The normalized spacial score (nSPS) is 9.67. The third kappa shape index (κ3) is 1.47. The highest BCUT2D eigenvalue weighted by Crippen LogP contribution is 2.23. The van der Waals surface area contributed by atoms with Gasteiger partial charge in [-0.25, -0.2) is 8.78 Å². The molecule has 0 aliphatic rings. The molecule has 0 unspecified atom stereocenters. The third-order valence-electron chi connectivity index (χ3n) is 1.50. The van der Waals surface area contributed by atoms with Crippen molar-refractivity contribution in [3.05, 3.63) is 23.8 Å². The molecule has 0 amide bonds. The molecule has 0 saturated carbocycles. The van der Waals surface area contributed by atoms with Gasteiger partial charge in [0.15, 0.2) is 11.6 Å². The van der Waals surface area contributed by atoms with Crippen molar-refractivity contribution >= 4 is 5.69 Å². The molecule has 0 aliphatic carbocycles. The second kappa shape index (κ2) is 3.38. The molecule has 1 N–H and O–H groups in total. The van der Waals surface area contributed by atoms with Gasteiger partial charge in [-0.1, -0.05) is 0 Å². The van der Waals surface area contributed by atoms with E-state index in [4.69, 9.17) is 0 Å². The molecule has 0 bridgehead atoms. The monoisotopic (exact) mass is 173 g/mol. The van der Waals surface area contributed by atoms with Gasteiger partial charge in [0, 0.05) is 19.2 Å². The Bertz CT molecular complexity index is 265. The maximum Gasteiger partial charge on any atom is 0.152 e. The molecule has 1 aromatic rings. The van der Waals surface area contributed by atoms with Crippen LogP contribution >= 0.6 is 0 Å². The van der Waals surface area contributed by atoms with Crippen LogP contribution < -0.4 is 10.1 Å². The molecule has 0 atom stereocenters. The number of benzene rings is 1. The molecule has 0 saturated heterocycles. The van der Waals surface area contributed by atoms with Gasteiger partial charge >= 0.3 is 0 Å². The molecule has 0 fully saturated rings. The van der Waals surface area contributed by atoms with Gasteiger partial charge in [0.05, 0.1) is 7.11 Å². The second-order valence-corrected chi connectivity index (χ2v) is 2.22. The summed E-state index contributed by atoms with van der Waals surface area (Å²) in [7, 11) is 2.81. The van der Waals surface area contributed by atoms with E-state index in [0.717, 1.165) is 12.1 Å². The SMILES string of the molecule is CNc1c(F)cc(OC)cc1F. The Morgan fingerprint density at radius 2 is 1.75 bits per heavy atom. The molecular formula is C8H9F2NO. The van der Waals surface area contributed by atoms with Crippen LogP contribution in [0.2, 0.25) is 0 Å². The maximum absolute atomic E-state index is 12.9. The fourth-order valence-electron chi connectivity index (χ4n) is 0.907. The van der Waals surface area contributed by atoms with Crippen LogP contribution in [0.3, 0.4) is 0 Å². The Labute approximate surface area is 69.2 Å². The van der Waals surface area contributed by atoms with E-state index in [1.807, 2.05) is 0 Å². The molecule has 2 nitrogen and oxygen atoms in total. The predicted octanol–water partition coefficient (Wildman–Crippen LogP) is 2.02. The summed E-state index contributed by atoms with van der Waals surface area (Å²) in [6, 6.07) is 2.24. The topological polar surface area (TPSA) is 21.3 Å². The minimum absolute atomic E-state index is 0.143. The predicted molar refractivity (Wildman–Crippen MR) is 42.5 cm³/mol. The van der Waals surface area contributed by atoms with Crippen LogP contribution in [0.15, 0.2) is 12.1 Å². The maximum atomic E-state index is 12.9. The molecule has 1 aromatic carbocycles. The second-order valence-electron chi connectivity index (χ2n) is 2.22. The number of halogens is 2. The van der Waals surface area contributed by atoms with Crippen molar-refractivity contribution in [3.8, 4) is 5.75 Å². The highest BCUT2D eigenvalue weighted by atomic mass is 19.1. The molecule has 0 aliphatic heterocycles. The summed E-state index contributed by atoms with van der Waals surface area (Å²) < 4.78 is 30.5. The van der Waals surface area contributed by atoms with Gasteiger partial charge in [0.25, 0.3) is 0 Å². The van der Waals surface area contributed by atoms with Gasteiger partial charge in [-0.3, -0.25) is 0 Å². The van der Waals surface area contributed by atoms with Crippen LogP contribution in [-0.4, -0.2) is 14.2 Å². The molecule has 12 heavy (non-hydrogen) atoms. The van der Waals surface area contributed by atoms with Gasteiger partial charge < -0.3 is 10.1 Å². The minimum Gasteiger partial charge on any atom is -0.497 e. The highest BCUT2D eigenvalue weighted by molar-refractivity contribution is 5.48. The molecule has 66 valence electrons. The van der Waals surface area contributed by atoms with E-state index in [-0.39, 0.29) is 11.4 Å². The molecule has 0 aromatic heterocycles. The summed E-state index contributed by atoms with van der Waals surface area (Å²) in [6.07, 6.45) is 0. The Balaban J connectivity index is 3.18. The van der Waals surface area contributed by atoms with E-state index in [1.54, 1.807) is 0 Å². The summed E-state index contributed by atoms with van der Waals surface area (Å²) in [5, 5.41) is 2.41. The van der Waals surface area contributed by atoms with E-state index in [1.165, 1.54) is 14.2 Å². The van der Waals surface area contributed by atoms with Gasteiger partial charge in [0.1, 0.15) is 11.4 Å². The summed E-state index contributed by atoms with van der Waals surface area (Å²) in [5.74, 6) is -1.15. The number of rotatable bonds is 2. The Hall–Kier alpha value is -1.32.